The molecule has 1 aliphatic carbocycles. The average Bonchev–Trinajstić information content (AvgIpc) is 3.69. The van der Waals surface area contributed by atoms with Crippen LogP contribution in [0.3, 0.4) is 0 Å². The summed E-state index contributed by atoms with van der Waals surface area (Å²) in [6.45, 7) is 3.04. The molecular weight excluding hydrogens is 449 g/mol. The third kappa shape index (κ3) is 6.93. The van der Waals surface area contributed by atoms with Crippen LogP contribution in [0.25, 0.3) is 0 Å². The molecule has 2 atom stereocenters. The molecule has 0 radical (unpaired) electrons. The number of halogens is 3. The summed E-state index contributed by atoms with van der Waals surface area (Å²) in [6.07, 6.45) is 3.82. The predicted octanol–water partition coefficient (Wildman–Crippen LogP) is 4.69. The number of amides is 1. The lowest BCUT2D eigenvalue weighted by Crippen LogP contribution is -2.58. The highest BCUT2D eigenvalue weighted by molar-refractivity contribution is 6.00. The number of nitrogens with zero attached hydrogens (tertiary/aromatic N) is 3. The molecule has 1 saturated carbocycles. The van der Waals surface area contributed by atoms with Crippen molar-refractivity contribution in [2.45, 2.75) is 44.6 Å². The van der Waals surface area contributed by atoms with Crippen LogP contribution in [-0.4, -0.2) is 47.6 Å². The lowest BCUT2D eigenvalue weighted by atomic mass is 9.81. The van der Waals surface area contributed by atoms with Crippen molar-refractivity contribution in [3.05, 3.63) is 54.1 Å². The molecule has 2 aromatic rings. The Morgan fingerprint density at radius 2 is 1.85 bits per heavy atom. The summed E-state index contributed by atoms with van der Waals surface area (Å²) in [6, 6.07) is 7.88. The monoisotopic (exact) mass is 478 g/mol. The van der Waals surface area contributed by atoms with Crippen molar-refractivity contribution < 1.29 is 27.4 Å². The minimum Gasteiger partial charge on any atom is -0.457 e. The number of rotatable bonds is 3. The van der Waals surface area contributed by atoms with Crippen molar-refractivity contribution in [1.29, 1.82) is 0 Å². The van der Waals surface area contributed by atoms with Crippen molar-refractivity contribution in [2.75, 3.05) is 20.3 Å². The second-order valence-corrected chi connectivity index (χ2v) is 8.45. The van der Waals surface area contributed by atoms with Gasteiger partial charge in [0, 0.05) is 25.9 Å². The van der Waals surface area contributed by atoms with Crippen LogP contribution < -0.4 is 10.5 Å². The number of nitrogens with two attached hydrogens (primary N) is 1. The minimum atomic E-state index is -2.65. The van der Waals surface area contributed by atoms with Gasteiger partial charge in [-0.05, 0) is 43.7 Å². The van der Waals surface area contributed by atoms with Gasteiger partial charge in [0.15, 0.2) is 5.96 Å². The molecule has 2 unspecified atom stereocenters. The van der Waals surface area contributed by atoms with Crippen molar-refractivity contribution in [3.63, 3.8) is 0 Å². The Balaban J connectivity index is 0.000000172. The molecule has 0 bridgehead atoms. The standard InChI is InChI=1S/C12H8F3NO.C9H15N3O2.C3H6/c13-8-1-3-9(4-2-8)17-10-5-6-16-11(7-10)12(14)15;1-9-5-14-4-3-6(9)7(13)12(2)8(10)11-9;1-2-3-1/h1-7,12H;6H,3-5H2,1-2H3,(H2,10,11);1-3H2. The van der Waals surface area contributed by atoms with Gasteiger partial charge in [-0.1, -0.05) is 19.3 Å². The number of aromatic nitrogens is 1. The van der Waals surface area contributed by atoms with E-state index in [0.717, 1.165) is 12.5 Å². The second kappa shape index (κ2) is 11.3. The predicted molar refractivity (Wildman–Crippen MR) is 121 cm³/mol. The first-order valence-corrected chi connectivity index (χ1v) is 11.1. The Morgan fingerprint density at radius 1 is 1.18 bits per heavy atom. The number of hydrogen-bond donors (Lipinski definition) is 1. The third-order valence-electron chi connectivity index (χ3n) is 5.42. The molecule has 3 aliphatic rings. The zero-order valence-electron chi connectivity index (χ0n) is 19.2. The van der Waals surface area contributed by atoms with Gasteiger partial charge in [0.25, 0.3) is 6.43 Å². The van der Waals surface area contributed by atoms with E-state index in [1.807, 2.05) is 6.92 Å². The average molecular weight is 479 g/mol. The molecule has 2 N–H and O–H groups in total. The zero-order chi connectivity index (χ0) is 24.7. The van der Waals surface area contributed by atoms with Gasteiger partial charge in [-0.3, -0.25) is 14.7 Å². The van der Waals surface area contributed by atoms with E-state index in [1.165, 1.54) is 60.7 Å². The van der Waals surface area contributed by atoms with E-state index < -0.39 is 12.0 Å². The number of benzene rings is 1. The first kappa shape index (κ1) is 25.5. The summed E-state index contributed by atoms with van der Waals surface area (Å²) in [4.78, 5) is 21.2. The fourth-order valence-corrected chi connectivity index (χ4v) is 3.32. The molecule has 34 heavy (non-hydrogen) atoms. The number of alkyl halides is 2. The van der Waals surface area contributed by atoms with Crippen LogP contribution in [0.1, 0.15) is 44.7 Å². The number of guanidine groups is 1. The zero-order valence-corrected chi connectivity index (χ0v) is 19.2. The van der Waals surface area contributed by atoms with E-state index >= 15 is 0 Å². The topological polar surface area (TPSA) is 90.0 Å². The van der Waals surface area contributed by atoms with Gasteiger partial charge in [-0.15, -0.1) is 0 Å². The summed E-state index contributed by atoms with van der Waals surface area (Å²) in [5.41, 5.74) is 4.85. The normalized spacial score (nSPS) is 23.0. The maximum Gasteiger partial charge on any atom is 0.280 e. The molecule has 1 saturated heterocycles. The van der Waals surface area contributed by atoms with Crippen LogP contribution in [0.5, 0.6) is 11.5 Å². The molecule has 3 heterocycles. The van der Waals surface area contributed by atoms with E-state index in [1.54, 1.807) is 7.05 Å². The van der Waals surface area contributed by atoms with E-state index in [2.05, 4.69) is 9.98 Å². The number of pyridine rings is 1. The third-order valence-corrected chi connectivity index (χ3v) is 5.42. The Hall–Kier alpha value is -3.14. The van der Waals surface area contributed by atoms with Gasteiger partial charge in [0.2, 0.25) is 5.91 Å². The number of carbonyl (C=O) groups is 1. The number of carbonyl (C=O) groups excluding carboxylic acids is 1. The van der Waals surface area contributed by atoms with Gasteiger partial charge in [-0.25, -0.2) is 18.2 Å². The van der Waals surface area contributed by atoms with E-state index in [-0.39, 0.29) is 29.1 Å². The van der Waals surface area contributed by atoms with E-state index in [4.69, 9.17) is 15.2 Å². The molecule has 1 amide bonds. The van der Waals surface area contributed by atoms with Gasteiger partial charge in [-0.2, -0.15) is 0 Å². The molecule has 2 aliphatic heterocycles. The highest BCUT2D eigenvalue weighted by atomic mass is 19.3. The molecule has 10 heteroatoms. The van der Waals surface area contributed by atoms with Gasteiger partial charge in [0.1, 0.15) is 23.0 Å². The molecule has 5 rings (SSSR count). The molecule has 2 fully saturated rings. The summed E-state index contributed by atoms with van der Waals surface area (Å²) in [5.74, 6) is 0.496. The van der Waals surface area contributed by atoms with Crippen LogP contribution in [0.15, 0.2) is 47.6 Å². The number of aliphatic imine (C=N–C) groups is 1. The summed E-state index contributed by atoms with van der Waals surface area (Å²) < 4.78 is 48.0. The summed E-state index contributed by atoms with van der Waals surface area (Å²) >= 11 is 0. The molecular formula is C24H29F3N4O3. The van der Waals surface area contributed by atoms with Gasteiger partial charge in [0.05, 0.1) is 18.1 Å². The minimum absolute atomic E-state index is 0.0586. The lowest BCUT2D eigenvalue weighted by Gasteiger charge is -2.42. The Bertz CT molecular complexity index is 998. The molecule has 1 aromatic carbocycles. The van der Waals surface area contributed by atoms with Crippen molar-refractivity contribution >= 4 is 11.9 Å². The maximum absolute atomic E-state index is 12.6. The smallest absolute Gasteiger partial charge is 0.280 e. The van der Waals surface area contributed by atoms with Crippen molar-refractivity contribution in [2.24, 2.45) is 16.6 Å². The molecule has 0 spiro atoms. The fraction of sp³-hybridized carbons (Fsp3) is 0.458. The lowest BCUT2D eigenvalue weighted by molar-refractivity contribution is -0.139. The number of fused-ring (bicyclic) bond motifs is 1. The van der Waals surface area contributed by atoms with E-state index in [0.29, 0.717) is 24.9 Å². The quantitative estimate of drug-likeness (QED) is 0.691. The highest BCUT2D eigenvalue weighted by Crippen LogP contribution is 2.33. The fourth-order valence-electron chi connectivity index (χ4n) is 3.32. The molecule has 184 valence electrons. The largest absolute Gasteiger partial charge is 0.457 e. The Kier molecular flexibility index (Phi) is 8.49. The van der Waals surface area contributed by atoms with Crippen molar-refractivity contribution in [3.8, 4) is 11.5 Å². The highest BCUT2D eigenvalue weighted by Gasteiger charge is 2.46. The Morgan fingerprint density at radius 3 is 2.47 bits per heavy atom. The molecule has 1 aromatic heterocycles. The number of hydrogen-bond acceptors (Lipinski definition) is 6. The van der Waals surface area contributed by atoms with Crippen molar-refractivity contribution in [1.82, 2.24) is 9.88 Å². The molecule has 7 nitrogen and oxygen atoms in total. The first-order chi connectivity index (χ1) is 16.2. The van der Waals surface area contributed by atoms with Crippen LogP contribution >= 0.6 is 0 Å². The summed E-state index contributed by atoms with van der Waals surface area (Å²) in [5, 5.41) is 0. The van der Waals surface area contributed by atoms with Gasteiger partial charge >= 0.3 is 0 Å². The van der Waals surface area contributed by atoms with Crippen LogP contribution in [0, 0.1) is 11.7 Å². The van der Waals surface area contributed by atoms with Crippen LogP contribution in [-0.2, 0) is 9.53 Å². The SMILES string of the molecule is C1CC1.CN1C(=O)C2CCOCC2(C)N=C1N.Fc1ccc(Oc2ccnc(C(F)F)c2)cc1. The summed E-state index contributed by atoms with van der Waals surface area (Å²) in [7, 11) is 1.66. The first-order valence-electron chi connectivity index (χ1n) is 11.1. The van der Waals surface area contributed by atoms with Crippen LogP contribution in [0.4, 0.5) is 13.2 Å². The Labute approximate surface area is 196 Å². The second-order valence-electron chi connectivity index (χ2n) is 8.45. The van der Waals surface area contributed by atoms with E-state index in [9.17, 15) is 18.0 Å². The number of ether oxygens (including phenoxy) is 2. The maximum atomic E-state index is 12.6. The van der Waals surface area contributed by atoms with Crippen LogP contribution in [0.2, 0.25) is 0 Å². The van der Waals surface area contributed by atoms with Gasteiger partial charge < -0.3 is 15.2 Å².